The van der Waals surface area contributed by atoms with Gasteiger partial charge in [-0.3, -0.25) is 0 Å². The van der Waals surface area contributed by atoms with Gasteiger partial charge in [0.25, 0.3) is 0 Å². The molecule has 0 bridgehead atoms. The first kappa shape index (κ1) is 17.7. The first-order valence-corrected chi connectivity index (χ1v) is 9.13. The summed E-state index contributed by atoms with van der Waals surface area (Å²) in [7, 11) is 0. The molecule has 3 nitrogen and oxygen atoms in total. The molecule has 0 fully saturated rings. The Morgan fingerprint density at radius 3 is 1.64 bits per heavy atom. The zero-order chi connectivity index (χ0) is 19.2. The fraction of sp³-hybridized carbons (Fsp3) is 0.0400. The van der Waals surface area contributed by atoms with Crippen LogP contribution in [0.4, 0.5) is 0 Å². The van der Waals surface area contributed by atoms with Crippen molar-refractivity contribution in [1.29, 1.82) is 0 Å². The van der Waals surface area contributed by atoms with E-state index < -0.39 is 0 Å². The summed E-state index contributed by atoms with van der Waals surface area (Å²) in [6.07, 6.45) is 0. The summed E-state index contributed by atoms with van der Waals surface area (Å²) in [6, 6.07) is 32.9. The number of nitrogens with zero attached hydrogens (tertiary/aromatic N) is 1. The average Bonchev–Trinajstić information content (AvgIpc) is 2.79. The Bertz CT molecular complexity index is 1000. The van der Waals surface area contributed by atoms with Crippen LogP contribution in [-0.4, -0.2) is 11.0 Å². The van der Waals surface area contributed by atoms with Gasteiger partial charge in [-0.2, -0.15) is 0 Å². The maximum Gasteiger partial charge on any atom is 0.338 e. The molecule has 4 rings (SSSR count). The Morgan fingerprint density at radius 2 is 1.14 bits per heavy atom. The Hall–Kier alpha value is -3.72. The lowest BCUT2D eigenvalue weighted by atomic mass is 10.0. The summed E-state index contributed by atoms with van der Waals surface area (Å²) < 4.78 is 5.53. The summed E-state index contributed by atoms with van der Waals surface area (Å²) in [4.78, 5) is 17.5. The molecule has 0 unspecified atom stereocenters. The minimum Gasteiger partial charge on any atom is -0.457 e. The van der Waals surface area contributed by atoms with Gasteiger partial charge in [0.15, 0.2) is 0 Å². The van der Waals surface area contributed by atoms with E-state index in [1.165, 1.54) is 0 Å². The number of rotatable bonds is 5. The summed E-state index contributed by atoms with van der Waals surface area (Å²) in [6.45, 7) is 0.239. The van der Waals surface area contributed by atoms with Crippen LogP contribution in [-0.2, 0) is 11.3 Å². The normalized spacial score (nSPS) is 10.4. The first-order chi connectivity index (χ1) is 13.8. The molecule has 3 aromatic carbocycles. The first-order valence-electron chi connectivity index (χ1n) is 9.13. The van der Waals surface area contributed by atoms with Crippen molar-refractivity contribution in [3.63, 3.8) is 0 Å². The third-order valence-electron chi connectivity index (χ3n) is 4.41. The molecule has 28 heavy (non-hydrogen) atoms. The number of aromatic nitrogens is 1. The number of carbonyl (C=O) groups excluding carboxylic acids is 1. The van der Waals surface area contributed by atoms with E-state index in [9.17, 15) is 4.79 Å². The second-order valence-corrected chi connectivity index (χ2v) is 6.42. The minimum absolute atomic E-state index is 0.239. The molecule has 0 radical (unpaired) electrons. The number of pyridine rings is 1. The zero-order valence-corrected chi connectivity index (χ0v) is 15.3. The lowest BCUT2D eigenvalue weighted by Crippen LogP contribution is -2.06. The summed E-state index contributed by atoms with van der Waals surface area (Å²) in [5, 5.41) is 0. The molecule has 0 N–H and O–H groups in total. The van der Waals surface area contributed by atoms with Crippen LogP contribution in [0.2, 0.25) is 0 Å². The molecule has 3 heteroatoms. The molecule has 0 saturated heterocycles. The Labute approximate surface area is 164 Å². The van der Waals surface area contributed by atoms with Crippen molar-refractivity contribution >= 4 is 5.97 Å². The van der Waals surface area contributed by atoms with Crippen LogP contribution >= 0.6 is 0 Å². The second kappa shape index (κ2) is 8.31. The summed E-state index contributed by atoms with van der Waals surface area (Å²) in [5.41, 5.74) is 4.84. The van der Waals surface area contributed by atoms with Crippen molar-refractivity contribution in [3.05, 3.63) is 114 Å². The average molecular weight is 365 g/mol. The number of ether oxygens (including phenoxy) is 1. The molecule has 0 aliphatic rings. The fourth-order valence-corrected chi connectivity index (χ4v) is 2.97. The molecule has 0 aliphatic carbocycles. The highest BCUT2D eigenvalue weighted by Crippen LogP contribution is 2.25. The summed E-state index contributed by atoms with van der Waals surface area (Å²) >= 11 is 0. The maximum absolute atomic E-state index is 12.7. The lowest BCUT2D eigenvalue weighted by molar-refractivity contribution is 0.0472. The Balaban J connectivity index is 1.68. The van der Waals surface area contributed by atoms with Crippen molar-refractivity contribution in [3.8, 4) is 22.5 Å². The smallest absolute Gasteiger partial charge is 0.338 e. The van der Waals surface area contributed by atoms with E-state index in [1.807, 2.05) is 91.0 Å². The zero-order valence-electron chi connectivity index (χ0n) is 15.3. The van der Waals surface area contributed by atoms with Crippen LogP contribution in [0.15, 0.2) is 103 Å². The molecule has 0 amide bonds. The van der Waals surface area contributed by atoms with Crippen molar-refractivity contribution in [2.75, 3.05) is 0 Å². The largest absolute Gasteiger partial charge is 0.457 e. The standard InChI is InChI=1S/C25H19NO2/c27-25(28-18-19-10-4-1-5-11-19)22-16-23(20-12-6-2-7-13-20)26-24(17-22)21-14-8-3-9-15-21/h1-17H,18H2. The van der Waals surface area contributed by atoms with Crippen molar-refractivity contribution in [2.45, 2.75) is 6.61 Å². The predicted molar refractivity (Wildman–Crippen MR) is 111 cm³/mol. The molecule has 1 heterocycles. The van der Waals surface area contributed by atoms with E-state index >= 15 is 0 Å². The van der Waals surface area contributed by atoms with Crippen molar-refractivity contribution in [2.24, 2.45) is 0 Å². The van der Waals surface area contributed by atoms with Gasteiger partial charge in [0.2, 0.25) is 0 Å². The van der Waals surface area contributed by atoms with Crippen LogP contribution < -0.4 is 0 Å². The molecule has 1 aromatic heterocycles. The fourth-order valence-electron chi connectivity index (χ4n) is 2.97. The third kappa shape index (κ3) is 4.15. The van der Waals surface area contributed by atoms with E-state index in [-0.39, 0.29) is 12.6 Å². The highest BCUT2D eigenvalue weighted by Gasteiger charge is 2.13. The van der Waals surface area contributed by atoms with Crippen LogP contribution in [0, 0.1) is 0 Å². The van der Waals surface area contributed by atoms with Crippen molar-refractivity contribution < 1.29 is 9.53 Å². The van der Waals surface area contributed by atoms with Crippen LogP contribution in [0.3, 0.4) is 0 Å². The van der Waals surface area contributed by atoms with Gasteiger partial charge in [-0.25, -0.2) is 9.78 Å². The van der Waals surface area contributed by atoms with Crippen molar-refractivity contribution in [1.82, 2.24) is 4.98 Å². The SMILES string of the molecule is O=C(OCc1ccccc1)c1cc(-c2ccccc2)nc(-c2ccccc2)c1. The Morgan fingerprint density at radius 1 is 0.679 bits per heavy atom. The number of hydrogen-bond donors (Lipinski definition) is 0. The number of benzene rings is 3. The Kier molecular flexibility index (Phi) is 5.25. The molecular formula is C25H19NO2. The number of hydrogen-bond acceptors (Lipinski definition) is 3. The second-order valence-electron chi connectivity index (χ2n) is 6.42. The van der Waals surface area contributed by atoms with E-state index in [1.54, 1.807) is 12.1 Å². The highest BCUT2D eigenvalue weighted by atomic mass is 16.5. The van der Waals surface area contributed by atoms with Gasteiger partial charge in [-0.1, -0.05) is 91.0 Å². The predicted octanol–water partition coefficient (Wildman–Crippen LogP) is 5.77. The van der Waals surface area contributed by atoms with Gasteiger partial charge in [-0.05, 0) is 17.7 Å². The third-order valence-corrected chi connectivity index (χ3v) is 4.41. The van der Waals surface area contributed by atoms with Crippen LogP contribution in [0.1, 0.15) is 15.9 Å². The molecule has 136 valence electrons. The molecule has 0 atom stereocenters. The van der Waals surface area contributed by atoms with E-state index in [2.05, 4.69) is 0 Å². The van der Waals surface area contributed by atoms with Gasteiger partial charge in [0.1, 0.15) is 6.61 Å². The van der Waals surface area contributed by atoms with E-state index in [4.69, 9.17) is 9.72 Å². The highest BCUT2D eigenvalue weighted by molar-refractivity contribution is 5.92. The lowest BCUT2D eigenvalue weighted by Gasteiger charge is -2.10. The quantitative estimate of drug-likeness (QED) is 0.421. The van der Waals surface area contributed by atoms with Gasteiger partial charge in [0.05, 0.1) is 17.0 Å². The molecular weight excluding hydrogens is 346 g/mol. The topological polar surface area (TPSA) is 39.2 Å². The molecule has 0 aliphatic heterocycles. The van der Waals surface area contributed by atoms with Gasteiger partial charge >= 0.3 is 5.97 Å². The van der Waals surface area contributed by atoms with E-state index in [0.29, 0.717) is 5.56 Å². The molecule has 0 saturated carbocycles. The van der Waals surface area contributed by atoms with Gasteiger partial charge in [0, 0.05) is 11.1 Å². The van der Waals surface area contributed by atoms with Gasteiger partial charge in [-0.15, -0.1) is 0 Å². The number of carbonyl (C=O) groups is 1. The molecule has 0 spiro atoms. The summed E-state index contributed by atoms with van der Waals surface area (Å²) in [5.74, 6) is -0.361. The minimum atomic E-state index is -0.361. The van der Waals surface area contributed by atoms with Gasteiger partial charge < -0.3 is 4.74 Å². The number of esters is 1. The monoisotopic (exact) mass is 365 g/mol. The maximum atomic E-state index is 12.7. The van der Waals surface area contributed by atoms with E-state index in [0.717, 1.165) is 28.1 Å². The van der Waals surface area contributed by atoms with Crippen LogP contribution in [0.25, 0.3) is 22.5 Å². The van der Waals surface area contributed by atoms with Crippen LogP contribution in [0.5, 0.6) is 0 Å². The molecule has 4 aromatic rings.